The van der Waals surface area contributed by atoms with Crippen LogP contribution in [0.3, 0.4) is 0 Å². The van der Waals surface area contributed by atoms with Crippen molar-refractivity contribution in [3.05, 3.63) is 123 Å². The van der Waals surface area contributed by atoms with E-state index in [2.05, 4.69) is 69.8 Å². The molecule has 0 spiro atoms. The van der Waals surface area contributed by atoms with Crippen molar-refractivity contribution in [1.29, 1.82) is 10.5 Å². The monoisotopic (exact) mass is 1740 g/mol. The topological polar surface area (TPSA) is 465 Å². The van der Waals surface area contributed by atoms with E-state index in [4.69, 9.17) is 67.0 Å². The summed E-state index contributed by atoms with van der Waals surface area (Å²) in [7, 11) is 0. The summed E-state index contributed by atoms with van der Waals surface area (Å²) in [5, 5.41) is 31.5. The van der Waals surface area contributed by atoms with E-state index in [1.165, 1.54) is 6.92 Å². The molecule has 0 bridgehead atoms. The predicted molar refractivity (Wildman–Crippen MR) is 454 cm³/mol. The van der Waals surface area contributed by atoms with E-state index >= 15 is 0 Å². The number of amides is 2. The third kappa shape index (κ3) is 63.0. The van der Waals surface area contributed by atoms with Gasteiger partial charge in [0.15, 0.2) is 0 Å². The Kier molecular flexibility index (Phi) is 72.0. The molecule has 0 saturated heterocycles. The van der Waals surface area contributed by atoms with Gasteiger partial charge in [0.1, 0.15) is 77.9 Å². The zero-order chi connectivity index (χ0) is 94.0. The first-order valence-electron chi connectivity index (χ1n) is 41.3. The number of imidazole rings is 1. The van der Waals surface area contributed by atoms with Crippen molar-refractivity contribution in [3.8, 4) is 17.9 Å². The first kappa shape index (κ1) is 118. The number of nitrogens with one attached hydrogen (secondary N) is 2. The van der Waals surface area contributed by atoms with E-state index in [-0.39, 0.29) is 175 Å². The molecular weight excluding hydrogens is 1600 g/mol. The van der Waals surface area contributed by atoms with Crippen LogP contribution >= 0.6 is 0 Å². The number of esters is 11. The summed E-state index contributed by atoms with van der Waals surface area (Å²) in [4.78, 5) is 149. The van der Waals surface area contributed by atoms with Gasteiger partial charge in [-0.25, -0.2) is 33.8 Å². The Hall–Kier alpha value is -11.7. The molecule has 3 N–H and O–H groups in total. The number of hydrogen-bond donors (Lipinski definition) is 3. The molecular formula is C89H136N6O28. The van der Waals surface area contributed by atoms with Crippen LogP contribution in [0.5, 0.6) is 5.75 Å². The van der Waals surface area contributed by atoms with Crippen molar-refractivity contribution >= 4 is 77.8 Å². The van der Waals surface area contributed by atoms with Gasteiger partial charge < -0.3 is 86.3 Å². The molecule has 4 rings (SSSR count). The zero-order valence-corrected chi connectivity index (χ0v) is 75.1. The van der Waals surface area contributed by atoms with Gasteiger partial charge in [-0.15, -0.1) is 0 Å². The van der Waals surface area contributed by atoms with Crippen LogP contribution in [-0.4, -0.2) is 184 Å². The number of aromatic nitrogens is 2. The van der Waals surface area contributed by atoms with Gasteiger partial charge in [-0.1, -0.05) is 130 Å². The summed E-state index contributed by atoms with van der Waals surface area (Å²) < 4.78 is 70.4. The Labute approximate surface area is 725 Å². The summed E-state index contributed by atoms with van der Waals surface area (Å²) >= 11 is 0. The fourth-order valence-corrected chi connectivity index (χ4v) is 7.96. The van der Waals surface area contributed by atoms with Crippen LogP contribution in [0.2, 0.25) is 0 Å². The number of nitrogens with zero attached hydrogens (tertiary/aromatic N) is 4. The van der Waals surface area contributed by atoms with Crippen LogP contribution in [0.4, 0.5) is 9.59 Å². The van der Waals surface area contributed by atoms with Gasteiger partial charge in [-0.3, -0.25) is 33.6 Å². The first-order valence-corrected chi connectivity index (χ1v) is 41.3. The number of hydrogen-bond acceptors (Lipinski definition) is 31. The maximum absolute atomic E-state index is 11.7. The molecule has 0 aliphatic heterocycles. The van der Waals surface area contributed by atoms with Crippen molar-refractivity contribution < 1.29 is 133 Å². The van der Waals surface area contributed by atoms with E-state index in [0.717, 1.165) is 68.7 Å². The molecule has 3 aromatic rings. The highest BCUT2D eigenvalue weighted by molar-refractivity contribution is 5.87. The number of furan rings is 1. The number of nitriles is 2. The van der Waals surface area contributed by atoms with Crippen LogP contribution in [0.15, 0.2) is 116 Å². The summed E-state index contributed by atoms with van der Waals surface area (Å²) in [6.07, 6.45) is 18.0. The normalized spacial score (nSPS) is 14.3. The van der Waals surface area contributed by atoms with Crippen LogP contribution in [0.1, 0.15) is 212 Å². The molecule has 1 aliphatic carbocycles. The molecule has 2 aromatic heterocycles. The molecule has 1 fully saturated rings. The highest BCUT2D eigenvalue weighted by atomic mass is 16.6. The smallest absolute Gasteiger partial charge is 0.407 e. The molecule has 11 atom stereocenters. The van der Waals surface area contributed by atoms with E-state index in [1.54, 1.807) is 63.6 Å². The molecule has 1 saturated carbocycles. The van der Waals surface area contributed by atoms with E-state index in [9.17, 15) is 67.4 Å². The fraction of sp³-hybridized carbons (Fsp3) is 0.596. The largest absolute Gasteiger partial charge is 0.472 e. The number of aliphatic hydroxyl groups is 1. The molecule has 34 nitrogen and oxygen atoms in total. The Morgan fingerprint density at radius 1 is 0.520 bits per heavy atom. The molecule has 1 aromatic carbocycles. The minimum atomic E-state index is -0.691. The number of benzene rings is 1. The Morgan fingerprint density at radius 3 is 1.32 bits per heavy atom. The van der Waals surface area contributed by atoms with E-state index in [1.807, 2.05) is 107 Å². The Balaban J connectivity index is -0.000000666. The molecule has 2 amide bonds. The first-order chi connectivity index (χ1) is 58.4. The Morgan fingerprint density at radius 2 is 0.927 bits per heavy atom. The summed E-state index contributed by atoms with van der Waals surface area (Å²) in [5.74, 6) is -3.92. The number of alkyl carbamates (subject to hydrolysis) is 2. The number of carbonyl (C=O) groups excluding carboxylic acids is 13. The second kappa shape index (κ2) is 75.3. The number of carbonyl (C=O) groups is 13. The Bertz CT molecular complexity index is 3610. The highest BCUT2D eigenvalue weighted by Gasteiger charge is 2.33. The number of rotatable bonds is 43. The lowest BCUT2D eigenvalue weighted by Gasteiger charge is -2.32. The van der Waals surface area contributed by atoms with Crippen LogP contribution in [-0.2, 0) is 116 Å². The van der Waals surface area contributed by atoms with Gasteiger partial charge in [0, 0.05) is 47.8 Å². The van der Waals surface area contributed by atoms with Gasteiger partial charge >= 0.3 is 77.8 Å². The molecule has 2 heterocycles. The van der Waals surface area contributed by atoms with Gasteiger partial charge in [-0.2, -0.15) is 10.5 Å². The fourth-order valence-electron chi connectivity index (χ4n) is 7.96. The van der Waals surface area contributed by atoms with E-state index < -0.39 is 48.3 Å². The van der Waals surface area contributed by atoms with Crippen molar-refractivity contribution in [2.75, 3.05) is 79.2 Å². The van der Waals surface area contributed by atoms with Gasteiger partial charge in [0.25, 0.3) is 0 Å². The van der Waals surface area contributed by atoms with E-state index in [0.29, 0.717) is 55.2 Å². The predicted octanol–water partition coefficient (Wildman–Crippen LogP) is 13.8. The molecule has 1 aliphatic rings. The number of ether oxygens (including phenoxy) is 13. The quantitative estimate of drug-likeness (QED) is 0.0156. The van der Waals surface area contributed by atoms with Crippen LogP contribution in [0.25, 0.3) is 0 Å². The summed E-state index contributed by atoms with van der Waals surface area (Å²) in [6, 6.07) is 12.8. The van der Waals surface area contributed by atoms with Crippen LogP contribution in [0, 0.1) is 70.0 Å². The van der Waals surface area contributed by atoms with Crippen molar-refractivity contribution in [2.24, 2.45) is 47.3 Å². The highest BCUT2D eigenvalue weighted by Crippen LogP contribution is 2.28. The van der Waals surface area contributed by atoms with Crippen molar-refractivity contribution in [1.82, 2.24) is 20.2 Å². The molecule has 123 heavy (non-hydrogen) atoms. The van der Waals surface area contributed by atoms with Gasteiger partial charge in [0.05, 0.1) is 110 Å². The van der Waals surface area contributed by atoms with Crippen LogP contribution < -0.4 is 15.4 Å². The maximum atomic E-state index is 11.7. The lowest BCUT2D eigenvalue weighted by Crippen LogP contribution is -2.39. The van der Waals surface area contributed by atoms with Gasteiger partial charge in [0.2, 0.25) is 0 Å². The lowest BCUT2D eigenvalue weighted by molar-refractivity contribution is -0.164. The summed E-state index contributed by atoms with van der Waals surface area (Å²) in [6.45, 7) is 46.4. The zero-order valence-electron chi connectivity index (χ0n) is 75.1. The molecule has 0 radical (unpaired) electrons. The molecule has 34 heteroatoms. The second-order valence-electron chi connectivity index (χ2n) is 27.6. The minimum Gasteiger partial charge on any atom is -0.472 e. The minimum absolute atomic E-state index is 0.0151. The molecule has 690 valence electrons. The third-order valence-corrected chi connectivity index (χ3v) is 17.7. The van der Waals surface area contributed by atoms with Gasteiger partial charge in [-0.05, 0) is 121 Å². The SMILES string of the molecule is C=C(C)C(=O)OCCNC(=O)OCCOC(=O)C(C)CC.C=CC(=O)OCC1CCC(OC(=O)C(C)CC)C(O)C1.C=CC(=O)OCCNC(=O)OCCOC(=O)C(C)CC.C=CC(=O)OCCOC(=O)C(C)CC.CCC(C)C(=O)OCCC#N.CCC(C)C(=O)OCc1ccoc1.CCC(C)C(=O)Oc1ccc(C#N)cc1.CCC(C)n1ccnc1. The maximum Gasteiger partial charge on any atom is 0.407 e. The summed E-state index contributed by atoms with van der Waals surface area (Å²) in [5.41, 5.74) is 1.73. The molecule has 11 unspecified atom stereocenters. The second-order valence-corrected chi connectivity index (χ2v) is 27.6. The van der Waals surface area contributed by atoms with Crippen molar-refractivity contribution in [2.45, 2.75) is 220 Å². The lowest BCUT2D eigenvalue weighted by atomic mass is 9.85. The third-order valence-electron chi connectivity index (χ3n) is 17.7. The van der Waals surface area contributed by atoms with Crippen molar-refractivity contribution in [3.63, 3.8) is 0 Å². The number of aliphatic hydroxyl groups excluding tert-OH is 1. The average Bonchev–Trinajstić information content (AvgIpc) is 1.30. The standard InChI is InChI=1S/C15H24O5.C14H23NO6.C13H21NO6.C12H13NO2.C10H16O4.C10H14O3.C8H13NO2.C7H12N2/c1-4-10(3)15(18)20-13-7-6-11(8-12(13)16)9-19-14(17)5-2;1-5-11(4)13(17)20-8-9-21-14(18)15-6-7-19-12(16)10(2)3;1-4-10(3)12(16)19-8-9-20-13(17)14-6-7-18-11(15)5-2;1-3-9(2)12(14)15-11-6-4-10(8-13)5-7-11;1-4-8(3)10(12)14-7-6-13-9(11)5-2;1-3-8(2)10(11)13-7-9-4-5-12-6-9;1-3-7(2)8(10)11-6-4-5-9;1-3-7(2)9-5-4-8-6-9/h5,10-13,16H,2,4,6-9H2,1,3H3;11H,2,5-9H2,1,3-4H3,(H,15,18);5,10H,2,4,6-9H2,1,3H3,(H,14,17);4-7,9H,3H2,1-2H3;5,8H,2,4,6-7H2,1,3H3;4-6,8H,3,7H2,1-2H3;7H,3-4,6H2,1-2H3;4-7H,3H2,1-2H3. The average molecular weight is 1740 g/mol.